The lowest BCUT2D eigenvalue weighted by atomic mass is 10.2. The first-order chi connectivity index (χ1) is 5.81. The summed E-state index contributed by atoms with van der Waals surface area (Å²) in [6, 6.07) is 3.66. The normalized spacial score (nSPS) is 9.92. The van der Waals surface area contributed by atoms with Crippen LogP contribution >= 0.6 is 11.5 Å². The van der Waals surface area contributed by atoms with E-state index < -0.39 is 0 Å². The van der Waals surface area contributed by atoms with Gasteiger partial charge in [0, 0.05) is 5.39 Å². The first-order valence-corrected chi connectivity index (χ1v) is 3.99. The van der Waals surface area contributed by atoms with Crippen LogP contribution in [0.15, 0.2) is 12.3 Å². The minimum absolute atomic E-state index is 0.272. The first-order valence-electron chi connectivity index (χ1n) is 3.22. The van der Waals surface area contributed by atoms with Crippen molar-refractivity contribution in [2.75, 3.05) is 5.73 Å². The van der Waals surface area contributed by atoms with Crippen LogP contribution in [0, 0.1) is 11.3 Å². The summed E-state index contributed by atoms with van der Waals surface area (Å²) in [6.07, 6.45) is 1.67. The quantitative estimate of drug-likeness (QED) is 0.653. The molecule has 0 bridgehead atoms. The molecule has 0 aromatic carbocycles. The van der Waals surface area contributed by atoms with Gasteiger partial charge in [0.1, 0.15) is 16.7 Å². The third kappa shape index (κ3) is 0.898. The van der Waals surface area contributed by atoms with Crippen LogP contribution in [0.5, 0.6) is 0 Å². The van der Waals surface area contributed by atoms with E-state index in [0.717, 1.165) is 10.2 Å². The molecule has 2 aromatic heterocycles. The molecule has 0 saturated carbocycles. The standard InChI is InChI=1S/C7H4N4S/c8-2-4-1-5-3-10-12-7(5)11-6(4)9/h1,3H,(H2,9,11). The lowest BCUT2D eigenvalue weighted by Gasteiger charge is -1.93. The predicted octanol–water partition coefficient (Wildman–Crippen LogP) is 1.15. The molecule has 0 amide bonds. The number of nitrogen functional groups attached to an aromatic ring is 1. The number of rotatable bonds is 0. The summed E-state index contributed by atoms with van der Waals surface area (Å²) in [6.45, 7) is 0. The first kappa shape index (κ1) is 7.00. The van der Waals surface area contributed by atoms with E-state index >= 15 is 0 Å². The summed E-state index contributed by atoms with van der Waals surface area (Å²) in [5.41, 5.74) is 5.91. The van der Waals surface area contributed by atoms with Crippen molar-refractivity contribution in [3.8, 4) is 6.07 Å². The zero-order chi connectivity index (χ0) is 8.55. The van der Waals surface area contributed by atoms with E-state index in [1.807, 2.05) is 6.07 Å². The second-order valence-corrected chi connectivity index (χ2v) is 3.03. The number of anilines is 1. The minimum Gasteiger partial charge on any atom is -0.383 e. The SMILES string of the molecule is N#Cc1cc2cnsc2nc1N. The van der Waals surface area contributed by atoms with Gasteiger partial charge in [-0.25, -0.2) is 4.98 Å². The van der Waals surface area contributed by atoms with Crippen LogP contribution in [-0.4, -0.2) is 9.36 Å². The topological polar surface area (TPSA) is 75.6 Å². The highest BCUT2D eigenvalue weighted by Gasteiger charge is 2.03. The van der Waals surface area contributed by atoms with Crippen LogP contribution in [0.2, 0.25) is 0 Å². The van der Waals surface area contributed by atoms with Crippen LogP contribution in [-0.2, 0) is 0 Å². The Hall–Kier alpha value is -1.67. The molecule has 0 spiro atoms. The molecule has 0 aliphatic rings. The maximum Gasteiger partial charge on any atom is 0.145 e. The van der Waals surface area contributed by atoms with Crippen molar-refractivity contribution in [1.82, 2.24) is 9.36 Å². The van der Waals surface area contributed by atoms with Gasteiger partial charge in [0.2, 0.25) is 0 Å². The van der Waals surface area contributed by atoms with Gasteiger partial charge in [-0.1, -0.05) is 0 Å². The largest absolute Gasteiger partial charge is 0.383 e. The van der Waals surface area contributed by atoms with E-state index in [2.05, 4.69) is 9.36 Å². The second-order valence-electron chi connectivity index (χ2n) is 2.25. The van der Waals surface area contributed by atoms with E-state index in [-0.39, 0.29) is 5.82 Å². The molecule has 0 atom stereocenters. The number of fused-ring (bicyclic) bond motifs is 1. The number of aromatic nitrogens is 2. The molecule has 0 fully saturated rings. The highest BCUT2D eigenvalue weighted by atomic mass is 32.1. The van der Waals surface area contributed by atoms with Crippen LogP contribution < -0.4 is 5.73 Å². The zero-order valence-electron chi connectivity index (χ0n) is 5.98. The van der Waals surface area contributed by atoms with Gasteiger partial charge in [-0.15, -0.1) is 0 Å². The molecule has 2 aromatic rings. The predicted molar refractivity (Wildman–Crippen MR) is 46.5 cm³/mol. The summed E-state index contributed by atoms with van der Waals surface area (Å²) in [7, 11) is 0. The molecular weight excluding hydrogens is 172 g/mol. The Morgan fingerprint density at radius 1 is 1.58 bits per heavy atom. The number of hydrogen-bond donors (Lipinski definition) is 1. The lowest BCUT2D eigenvalue weighted by Crippen LogP contribution is -1.93. The maximum absolute atomic E-state index is 8.63. The van der Waals surface area contributed by atoms with Gasteiger partial charge < -0.3 is 5.73 Å². The highest BCUT2D eigenvalue weighted by Crippen LogP contribution is 2.19. The molecule has 2 heterocycles. The number of pyridine rings is 1. The van der Waals surface area contributed by atoms with Gasteiger partial charge in [0.25, 0.3) is 0 Å². The van der Waals surface area contributed by atoms with Crippen molar-refractivity contribution >= 4 is 27.6 Å². The third-order valence-corrected chi connectivity index (χ3v) is 2.21. The number of nitrogens with zero attached hydrogens (tertiary/aromatic N) is 3. The fourth-order valence-electron chi connectivity index (χ4n) is 0.914. The molecule has 2 N–H and O–H groups in total. The number of hydrogen-bond acceptors (Lipinski definition) is 5. The Labute approximate surface area is 72.4 Å². The van der Waals surface area contributed by atoms with E-state index in [0.29, 0.717) is 5.56 Å². The monoisotopic (exact) mass is 176 g/mol. The average Bonchev–Trinajstić information content (AvgIpc) is 2.49. The summed E-state index contributed by atoms with van der Waals surface area (Å²) >= 11 is 1.27. The molecule has 0 aliphatic heterocycles. The Morgan fingerprint density at radius 2 is 2.42 bits per heavy atom. The van der Waals surface area contributed by atoms with Crippen LogP contribution in [0.25, 0.3) is 10.2 Å². The molecule has 0 unspecified atom stereocenters. The maximum atomic E-state index is 8.63. The van der Waals surface area contributed by atoms with E-state index in [9.17, 15) is 0 Å². The van der Waals surface area contributed by atoms with Crippen molar-refractivity contribution < 1.29 is 0 Å². The van der Waals surface area contributed by atoms with Crippen molar-refractivity contribution in [1.29, 1.82) is 5.26 Å². The summed E-state index contributed by atoms with van der Waals surface area (Å²) in [5, 5.41) is 9.49. The summed E-state index contributed by atoms with van der Waals surface area (Å²) in [5.74, 6) is 0.272. The number of nitrogens with two attached hydrogens (primary N) is 1. The van der Waals surface area contributed by atoms with E-state index in [1.165, 1.54) is 11.5 Å². The number of nitriles is 1. The lowest BCUT2D eigenvalue weighted by molar-refractivity contribution is 1.40. The van der Waals surface area contributed by atoms with Gasteiger partial charge in [-0.3, -0.25) is 0 Å². The molecule has 0 saturated heterocycles. The van der Waals surface area contributed by atoms with Gasteiger partial charge >= 0.3 is 0 Å². The van der Waals surface area contributed by atoms with Gasteiger partial charge in [0.15, 0.2) is 0 Å². The second kappa shape index (κ2) is 2.43. The molecule has 12 heavy (non-hydrogen) atoms. The van der Waals surface area contributed by atoms with Crippen LogP contribution in [0.3, 0.4) is 0 Å². The molecule has 5 heteroatoms. The van der Waals surface area contributed by atoms with E-state index in [1.54, 1.807) is 12.3 Å². The third-order valence-electron chi connectivity index (χ3n) is 1.50. The van der Waals surface area contributed by atoms with E-state index in [4.69, 9.17) is 11.0 Å². The summed E-state index contributed by atoms with van der Waals surface area (Å²) in [4.78, 5) is 4.79. The Bertz CT molecular complexity index is 468. The van der Waals surface area contributed by atoms with Crippen molar-refractivity contribution in [2.45, 2.75) is 0 Å². The smallest absolute Gasteiger partial charge is 0.145 e. The summed E-state index contributed by atoms with van der Waals surface area (Å²) < 4.78 is 3.93. The molecule has 58 valence electrons. The van der Waals surface area contributed by atoms with Gasteiger partial charge in [-0.2, -0.15) is 9.64 Å². The van der Waals surface area contributed by atoms with Gasteiger partial charge in [0.05, 0.1) is 11.8 Å². The van der Waals surface area contributed by atoms with Gasteiger partial charge in [-0.05, 0) is 17.6 Å². The average molecular weight is 176 g/mol. The Balaban J connectivity index is 2.84. The molecule has 4 nitrogen and oxygen atoms in total. The Kier molecular flexibility index (Phi) is 1.42. The van der Waals surface area contributed by atoms with Crippen molar-refractivity contribution in [2.24, 2.45) is 0 Å². The van der Waals surface area contributed by atoms with Crippen LogP contribution in [0.1, 0.15) is 5.56 Å². The molecule has 0 aliphatic carbocycles. The zero-order valence-corrected chi connectivity index (χ0v) is 6.80. The molecule has 0 radical (unpaired) electrons. The van der Waals surface area contributed by atoms with Crippen molar-refractivity contribution in [3.63, 3.8) is 0 Å². The highest BCUT2D eigenvalue weighted by molar-refractivity contribution is 7.12. The fourth-order valence-corrected chi connectivity index (χ4v) is 1.54. The molecule has 2 rings (SSSR count). The fraction of sp³-hybridized carbons (Fsp3) is 0. The van der Waals surface area contributed by atoms with Crippen LogP contribution in [0.4, 0.5) is 5.82 Å². The van der Waals surface area contributed by atoms with Crippen molar-refractivity contribution in [3.05, 3.63) is 17.8 Å². The molecular formula is C7H4N4S. The Morgan fingerprint density at radius 3 is 3.17 bits per heavy atom. The minimum atomic E-state index is 0.272.